The number of ether oxygens (including phenoxy) is 1. The number of fused-ring (bicyclic) bond motifs is 1. The number of rotatable bonds is 7. The number of aryl methyl sites for hydroxylation is 1. The van der Waals surface area contributed by atoms with E-state index in [0.717, 1.165) is 48.7 Å². The molecule has 5 nitrogen and oxygen atoms in total. The van der Waals surface area contributed by atoms with Crippen LogP contribution in [-0.2, 0) is 6.61 Å². The van der Waals surface area contributed by atoms with Crippen molar-refractivity contribution < 1.29 is 4.74 Å². The van der Waals surface area contributed by atoms with Crippen LogP contribution < -0.4 is 9.64 Å². The molecule has 6 heteroatoms. The lowest BCUT2D eigenvalue weighted by Gasteiger charge is -2.27. The topological polar surface area (TPSA) is 52.4 Å². The van der Waals surface area contributed by atoms with E-state index in [2.05, 4.69) is 48.8 Å². The van der Waals surface area contributed by atoms with Crippen molar-refractivity contribution >= 4 is 29.0 Å². The van der Waals surface area contributed by atoms with E-state index in [4.69, 9.17) is 15.0 Å². The molecule has 1 aromatic heterocycles. The Bertz CT molecular complexity index is 1090. The molecule has 0 amide bonds. The molecular formula is C26H31ClN4O. The first-order valence-corrected chi connectivity index (χ1v) is 11.1. The number of pyridine rings is 1. The van der Waals surface area contributed by atoms with Gasteiger partial charge in [-0.25, -0.2) is 0 Å². The normalized spacial score (nSPS) is 15.6. The van der Waals surface area contributed by atoms with Crippen molar-refractivity contribution in [3.8, 4) is 11.8 Å². The van der Waals surface area contributed by atoms with Gasteiger partial charge in [-0.15, -0.1) is 12.4 Å². The van der Waals surface area contributed by atoms with Crippen LogP contribution in [-0.4, -0.2) is 42.1 Å². The molecule has 0 saturated carbocycles. The van der Waals surface area contributed by atoms with Crippen molar-refractivity contribution in [3.63, 3.8) is 0 Å². The number of nitriles is 1. The van der Waals surface area contributed by atoms with Gasteiger partial charge in [-0.1, -0.05) is 26.0 Å². The van der Waals surface area contributed by atoms with Gasteiger partial charge in [0, 0.05) is 42.0 Å². The van der Waals surface area contributed by atoms with Gasteiger partial charge in [0.25, 0.3) is 0 Å². The molecule has 1 fully saturated rings. The molecule has 0 radical (unpaired) electrons. The van der Waals surface area contributed by atoms with E-state index in [9.17, 15) is 0 Å². The highest BCUT2D eigenvalue weighted by atomic mass is 35.5. The van der Waals surface area contributed by atoms with Gasteiger partial charge in [0.1, 0.15) is 12.4 Å². The largest absolute Gasteiger partial charge is 0.489 e. The summed E-state index contributed by atoms with van der Waals surface area (Å²) < 4.78 is 6.01. The van der Waals surface area contributed by atoms with E-state index < -0.39 is 0 Å². The molecule has 1 atom stereocenters. The lowest BCUT2D eigenvalue weighted by Crippen LogP contribution is -2.37. The van der Waals surface area contributed by atoms with Crippen molar-refractivity contribution in [2.24, 2.45) is 0 Å². The Balaban J connectivity index is 0.00000289. The highest BCUT2D eigenvalue weighted by molar-refractivity contribution is 5.93. The minimum atomic E-state index is 0. The van der Waals surface area contributed by atoms with Crippen molar-refractivity contribution in [1.82, 2.24) is 9.88 Å². The zero-order chi connectivity index (χ0) is 21.8. The van der Waals surface area contributed by atoms with Crippen LogP contribution in [0.5, 0.6) is 5.75 Å². The molecule has 2 heterocycles. The smallest absolute Gasteiger partial charge is 0.122 e. The van der Waals surface area contributed by atoms with Crippen molar-refractivity contribution in [2.45, 2.75) is 39.8 Å². The molecule has 0 aliphatic carbocycles. The monoisotopic (exact) mass is 450 g/mol. The van der Waals surface area contributed by atoms with Gasteiger partial charge in [0.2, 0.25) is 0 Å². The number of hydrogen-bond donors (Lipinski definition) is 0. The van der Waals surface area contributed by atoms with Crippen LogP contribution in [0.25, 0.3) is 10.9 Å². The Morgan fingerprint density at radius 1 is 1.12 bits per heavy atom. The van der Waals surface area contributed by atoms with Crippen LogP contribution in [0.3, 0.4) is 0 Å². The average Bonchev–Trinajstić information content (AvgIpc) is 3.28. The molecule has 0 spiro atoms. The molecule has 2 aromatic carbocycles. The molecule has 0 bridgehead atoms. The summed E-state index contributed by atoms with van der Waals surface area (Å²) in [5, 5.41) is 10.1. The van der Waals surface area contributed by atoms with Crippen LogP contribution >= 0.6 is 12.4 Å². The maximum absolute atomic E-state index is 8.93. The molecular weight excluding hydrogens is 420 g/mol. The minimum absolute atomic E-state index is 0. The van der Waals surface area contributed by atoms with Crippen LogP contribution in [0.4, 0.5) is 5.69 Å². The van der Waals surface area contributed by atoms with E-state index in [-0.39, 0.29) is 12.4 Å². The molecule has 4 rings (SSSR count). The van der Waals surface area contributed by atoms with Gasteiger partial charge in [0.15, 0.2) is 0 Å². The van der Waals surface area contributed by atoms with Crippen LogP contribution in [0.2, 0.25) is 0 Å². The Kier molecular flexibility index (Phi) is 7.95. The maximum atomic E-state index is 8.93. The number of likely N-dealkylation sites (N-methyl/N-ethyl adjacent to an activating group) is 1. The van der Waals surface area contributed by atoms with E-state index in [1.807, 2.05) is 36.4 Å². The Labute approximate surface area is 197 Å². The summed E-state index contributed by atoms with van der Waals surface area (Å²) in [6.07, 6.45) is 1.20. The number of halogens is 1. The van der Waals surface area contributed by atoms with Gasteiger partial charge in [0.05, 0.1) is 17.1 Å². The summed E-state index contributed by atoms with van der Waals surface area (Å²) in [6, 6.07) is 18.7. The van der Waals surface area contributed by atoms with E-state index >= 15 is 0 Å². The molecule has 1 aliphatic heterocycles. The highest BCUT2D eigenvalue weighted by Gasteiger charge is 2.27. The fourth-order valence-corrected chi connectivity index (χ4v) is 4.51. The summed E-state index contributed by atoms with van der Waals surface area (Å²) in [5.74, 6) is 0.809. The van der Waals surface area contributed by atoms with Crippen molar-refractivity contribution in [2.75, 3.05) is 31.1 Å². The quantitative estimate of drug-likeness (QED) is 0.486. The molecule has 1 aliphatic rings. The van der Waals surface area contributed by atoms with Crippen LogP contribution in [0.15, 0.2) is 48.5 Å². The third-order valence-corrected chi connectivity index (χ3v) is 6.21. The lowest BCUT2D eigenvalue weighted by molar-refractivity contribution is 0.232. The second kappa shape index (κ2) is 10.7. The fraction of sp³-hybridized carbons (Fsp3) is 0.385. The zero-order valence-electron chi connectivity index (χ0n) is 19.0. The summed E-state index contributed by atoms with van der Waals surface area (Å²) in [5.41, 5.74) is 4.97. The molecule has 1 saturated heterocycles. The predicted octanol–water partition coefficient (Wildman–Crippen LogP) is 5.34. The minimum Gasteiger partial charge on any atom is -0.489 e. The fourth-order valence-electron chi connectivity index (χ4n) is 4.51. The molecule has 32 heavy (non-hydrogen) atoms. The average molecular weight is 451 g/mol. The van der Waals surface area contributed by atoms with Gasteiger partial charge in [-0.05, 0) is 62.3 Å². The first-order valence-electron chi connectivity index (χ1n) is 11.1. The van der Waals surface area contributed by atoms with E-state index in [1.165, 1.54) is 17.5 Å². The zero-order valence-corrected chi connectivity index (χ0v) is 19.9. The third-order valence-electron chi connectivity index (χ3n) is 6.21. The van der Waals surface area contributed by atoms with E-state index in [1.54, 1.807) is 0 Å². The van der Waals surface area contributed by atoms with Gasteiger partial charge >= 0.3 is 0 Å². The van der Waals surface area contributed by atoms with Crippen molar-refractivity contribution in [1.29, 1.82) is 5.26 Å². The molecule has 0 N–H and O–H groups in total. The number of aromatic nitrogens is 1. The highest BCUT2D eigenvalue weighted by Crippen LogP contribution is 2.32. The summed E-state index contributed by atoms with van der Waals surface area (Å²) >= 11 is 0. The standard InChI is InChI=1S/C26H30N4O.ClH/c1-4-29(5-2)22-12-13-30(17-22)26-14-19(3)28-25-15-23(10-11-24(25)26)31-18-21-8-6-20(16-27)7-9-21;/h6-11,14-15,22H,4-5,12-13,17-18H2,1-3H3;1H/t22-;/m1./s1. The SMILES string of the molecule is CCN(CC)[C@@H]1CCN(c2cc(C)nc3cc(OCc4ccc(C#N)cc4)ccc23)C1.Cl. The Hall–Kier alpha value is -2.81. The number of nitrogens with zero attached hydrogens (tertiary/aromatic N) is 4. The maximum Gasteiger partial charge on any atom is 0.122 e. The molecule has 0 unspecified atom stereocenters. The predicted molar refractivity (Wildman–Crippen MR) is 133 cm³/mol. The van der Waals surface area contributed by atoms with Gasteiger partial charge < -0.3 is 9.64 Å². The van der Waals surface area contributed by atoms with Crippen LogP contribution in [0, 0.1) is 18.3 Å². The first kappa shape index (κ1) is 23.8. The van der Waals surface area contributed by atoms with Crippen LogP contribution in [0.1, 0.15) is 37.1 Å². The van der Waals surface area contributed by atoms with Gasteiger partial charge in [-0.2, -0.15) is 5.26 Å². The summed E-state index contributed by atoms with van der Waals surface area (Å²) in [4.78, 5) is 9.85. The third kappa shape index (κ3) is 5.15. The number of hydrogen-bond acceptors (Lipinski definition) is 5. The van der Waals surface area contributed by atoms with E-state index in [0.29, 0.717) is 18.2 Å². The second-order valence-electron chi connectivity index (χ2n) is 8.17. The second-order valence-corrected chi connectivity index (χ2v) is 8.17. The number of anilines is 1. The Morgan fingerprint density at radius 3 is 2.56 bits per heavy atom. The first-order chi connectivity index (χ1) is 15.1. The Morgan fingerprint density at radius 2 is 1.88 bits per heavy atom. The molecule has 168 valence electrons. The summed E-state index contributed by atoms with van der Waals surface area (Å²) in [6.45, 7) is 11.4. The van der Waals surface area contributed by atoms with Gasteiger partial charge in [-0.3, -0.25) is 9.88 Å². The van der Waals surface area contributed by atoms with Crippen molar-refractivity contribution in [3.05, 3.63) is 65.4 Å². The number of benzene rings is 2. The lowest BCUT2D eigenvalue weighted by atomic mass is 10.1. The summed E-state index contributed by atoms with van der Waals surface area (Å²) in [7, 11) is 0. The molecule has 3 aromatic rings.